The highest BCUT2D eigenvalue weighted by Gasteiger charge is 2.07. The third kappa shape index (κ3) is 4.33. The lowest BCUT2D eigenvalue weighted by atomic mass is 10.1. The van der Waals surface area contributed by atoms with Gasteiger partial charge in [0.15, 0.2) is 0 Å². The molecule has 1 aromatic rings. The number of hydrogen-bond acceptors (Lipinski definition) is 2. The van der Waals surface area contributed by atoms with Crippen molar-refractivity contribution in [1.82, 2.24) is 10.6 Å². The van der Waals surface area contributed by atoms with E-state index in [0.29, 0.717) is 6.54 Å². The topological polar surface area (TPSA) is 41.1 Å². The Morgan fingerprint density at radius 2 is 2.06 bits per heavy atom. The van der Waals surface area contributed by atoms with Crippen LogP contribution in [0.4, 0.5) is 0 Å². The van der Waals surface area contributed by atoms with Gasteiger partial charge in [0.2, 0.25) is 5.91 Å². The van der Waals surface area contributed by atoms with Gasteiger partial charge in [-0.2, -0.15) is 0 Å². The Kier molecular flexibility index (Phi) is 5.49. The Hall–Kier alpha value is -0.870. The fraction of sp³-hybridized carbons (Fsp3) is 0.417. The van der Waals surface area contributed by atoms with E-state index in [2.05, 4.69) is 39.6 Å². The normalized spacial score (nSPS) is 12.2. The van der Waals surface area contributed by atoms with E-state index in [9.17, 15) is 4.79 Å². The van der Waals surface area contributed by atoms with Crippen LogP contribution in [0.3, 0.4) is 0 Å². The van der Waals surface area contributed by atoms with Crippen LogP contribution in [-0.2, 0) is 4.79 Å². The van der Waals surface area contributed by atoms with E-state index in [1.54, 1.807) is 0 Å². The molecule has 0 fully saturated rings. The molecule has 3 nitrogen and oxygen atoms in total. The van der Waals surface area contributed by atoms with Crippen molar-refractivity contribution >= 4 is 21.8 Å². The monoisotopic (exact) mass is 284 g/mol. The summed E-state index contributed by atoms with van der Waals surface area (Å²) in [6, 6.07) is 8.40. The van der Waals surface area contributed by atoms with Crippen molar-refractivity contribution in [1.29, 1.82) is 0 Å². The molecule has 0 bridgehead atoms. The van der Waals surface area contributed by atoms with Gasteiger partial charge < -0.3 is 10.6 Å². The Balaban J connectivity index is 2.38. The number of halogens is 1. The number of hydrogen-bond donors (Lipinski definition) is 2. The highest BCUT2D eigenvalue weighted by molar-refractivity contribution is 9.10. The summed E-state index contributed by atoms with van der Waals surface area (Å²) in [6.07, 6.45) is 0. The maximum atomic E-state index is 10.7. The van der Waals surface area contributed by atoms with Crippen LogP contribution in [0, 0.1) is 0 Å². The predicted molar refractivity (Wildman–Crippen MR) is 69.2 cm³/mol. The van der Waals surface area contributed by atoms with Crippen LogP contribution in [0.25, 0.3) is 0 Å². The van der Waals surface area contributed by atoms with Crippen molar-refractivity contribution in [3.8, 4) is 0 Å². The Morgan fingerprint density at radius 3 is 2.69 bits per heavy atom. The second kappa shape index (κ2) is 6.66. The van der Waals surface area contributed by atoms with E-state index < -0.39 is 0 Å². The quantitative estimate of drug-likeness (QED) is 0.815. The van der Waals surface area contributed by atoms with Gasteiger partial charge in [0, 0.05) is 30.5 Å². The number of nitrogens with one attached hydrogen (secondary N) is 2. The van der Waals surface area contributed by atoms with Gasteiger partial charge in [0.1, 0.15) is 0 Å². The van der Waals surface area contributed by atoms with Gasteiger partial charge in [0.25, 0.3) is 0 Å². The first kappa shape index (κ1) is 13.2. The molecule has 1 rings (SSSR count). The summed E-state index contributed by atoms with van der Waals surface area (Å²) in [5.41, 5.74) is 1.23. The fourth-order valence-electron chi connectivity index (χ4n) is 1.46. The summed E-state index contributed by atoms with van der Waals surface area (Å²) in [4.78, 5) is 10.7. The molecule has 4 heteroatoms. The van der Waals surface area contributed by atoms with Crippen molar-refractivity contribution in [2.45, 2.75) is 19.9 Å². The van der Waals surface area contributed by atoms with E-state index in [1.165, 1.54) is 12.5 Å². The summed E-state index contributed by atoms with van der Waals surface area (Å²) < 4.78 is 1.11. The second-order valence-electron chi connectivity index (χ2n) is 3.68. The first-order chi connectivity index (χ1) is 7.61. The van der Waals surface area contributed by atoms with Gasteiger partial charge in [0.05, 0.1) is 0 Å². The van der Waals surface area contributed by atoms with Gasteiger partial charge in [-0.05, 0) is 18.6 Å². The number of carbonyl (C=O) groups is 1. The maximum absolute atomic E-state index is 10.7. The lowest BCUT2D eigenvalue weighted by Crippen LogP contribution is -2.31. The van der Waals surface area contributed by atoms with E-state index in [4.69, 9.17) is 0 Å². The molecule has 0 spiro atoms. The summed E-state index contributed by atoms with van der Waals surface area (Å²) in [6.45, 7) is 5.05. The van der Waals surface area contributed by atoms with Crippen molar-refractivity contribution in [2.75, 3.05) is 13.1 Å². The van der Waals surface area contributed by atoms with E-state index in [0.717, 1.165) is 11.0 Å². The largest absolute Gasteiger partial charge is 0.355 e. The highest BCUT2D eigenvalue weighted by atomic mass is 79.9. The first-order valence-corrected chi connectivity index (χ1v) is 6.13. The molecule has 88 valence electrons. The minimum absolute atomic E-state index is 0.00958. The summed E-state index contributed by atoms with van der Waals surface area (Å²) >= 11 is 3.52. The van der Waals surface area contributed by atoms with Crippen LogP contribution in [-0.4, -0.2) is 19.0 Å². The first-order valence-electron chi connectivity index (χ1n) is 5.33. The number of rotatable bonds is 5. The minimum Gasteiger partial charge on any atom is -0.355 e. The summed E-state index contributed by atoms with van der Waals surface area (Å²) in [5, 5.41) is 6.10. The molecule has 0 saturated heterocycles. The van der Waals surface area contributed by atoms with Crippen molar-refractivity contribution < 1.29 is 4.79 Å². The molecule has 2 N–H and O–H groups in total. The smallest absolute Gasteiger partial charge is 0.216 e. The molecule has 0 heterocycles. The molecule has 16 heavy (non-hydrogen) atoms. The van der Waals surface area contributed by atoms with Crippen molar-refractivity contribution in [2.24, 2.45) is 0 Å². The number of amides is 1. The zero-order valence-electron chi connectivity index (χ0n) is 9.59. The van der Waals surface area contributed by atoms with Gasteiger partial charge in [-0.25, -0.2) is 0 Å². The molecule has 0 aliphatic heterocycles. The maximum Gasteiger partial charge on any atom is 0.216 e. The average Bonchev–Trinajstić information content (AvgIpc) is 2.24. The molecule has 0 saturated carbocycles. The van der Waals surface area contributed by atoms with Gasteiger partial charge in [-0.15, -0.1) is 0 Å². The Bertz CT molecular complexity index is 355. The fourth-order valence-corrected chi connectivity index (χ4v) is 2.09. The number of carbonyl (C=O) groups excluding carboxylic acids is 1. The van der Waals surface area contributed by atoms with Gasteiger partial charge >= 0.3 is 0 Å². The Morgan fingerprint density at radius 1 is 1.38 bits per heavy atom. The SMILES string of the molecule is CC(=O)NCCN[C@@H](C)c1ccccc1Br. The molecular formula is C12H17BrN2O. The van der Waals surface area contributed by atoms with Crippen LogP contribution in [0.2, 0.25) is 0 Å². The van der Waals surface area contributed by atoms with Crippen LogP contribution >= 0.6 is 15.9 Å². The van der Waals surface area contributed by atoms with Gasteiger partial charge in [-0.3, -0.25) is 4.79 Å². The van der Waals surface area contributed by atoms with Crippen LogP contribution in [0.5, 0.6) is 0 Å². The molecule has 1 aromatic carbocycles. The second-order valence-corrected chi connectivity index (χ2v) is 4.53. The third-order valence-electron chi connectivity index (χ3n) is 2.32. The minimum atomic E-state index is 0.00958. The molecular weight excluding hydrogens is 268 g/mol. The van der Waals surface area contributed by atoms with Crippen molar-refractivity contribution in [3.05, 3.63) is 34.3 Å². The van der Waals surface area contributed by atoms with Crippen molar-refractivity contribution in [3.63, 3.8) is 0 Å². The zero-order valence-corrected chi connectivity index (χ0v) is 11.2. The molecule has 1 amide bonds. The molecule has 0 unspecified atom stereocenters. The highest BCUT2D eigenvalue weighted by Crippen LogP contribution is 2.22. The molecule has 0 aliphatic carbocycles. The Labute approximate surface area is 105 Å². The van der Waals surface area contributed by atoms with E-state index in [-0.39, 0.29) is 11.9 Å². The van der Waals surface area contributed by atoms with Crippen LogP contribution in [0.1, 0.15) is 25.5 Å². The average molecular weight is 285 g/mol. The van der Waals surface area contributed by atoms with E-state index in [1.807, 2.05) is 18.2 Å². The number of benzene rings is 1. The van der Waals surface area contributed by atoms with Crippen LogP contribution in [0.15, 0.2) is 28.7 Å². The third-order valence-corrected chi connectivity index (χ3v) is 3.04. The van der Waals surface area contributed by atoms with Crippen LogP contribution < -0.4 is 10.6 Å². The molecule has 0 aromatic heterocycles. The predicted octanol–water partition coefficient (Wildman–Crippen LogP) is 2.24. The molecule has 1 atom stereocenters. The van der Waals surface area contributed by atoms with Gasteiger partial charge in [-0.1, -0.05) is 34.1 Å². The summed E-state index contributed by atoms with van der Waals surface area (Å²) in [7, 11) is 0. The zero-order chi connectivity index (χ0) is 12.0. The molecule has 0 aliphatic rings. The lowest BCUT2D eigenvalue weighted by Gasteiger charge is -2.15. The molecule has 0 radical (unpaired) electrons. The lowest BCUT2D eigenvalue weighted by molar-refractivity contribution is -0.118. The standard InChI is InChI=1S/C12H17BrN2O/c1-9(14-7-8-15-10(2)16)11-5-3-4-6-12(11)13/h3-6,9,14H,7-8H2,1-2H3,(H,15,16)/t9-/m0/s1. The van der Waals surface area contributed by atoms with E-state index >= 15 is 0 Å². The summed E-state index contributed by atoms with van der Waals surface area (Å²) in [5.74, 6) is 0.00958.